The maximum Gasteiger partial charge on any atom is 0.272 e. The Morgan fingerprint density at radius 2 is 1.71 bits per heavy atom. The van der Waals surface area contributed by atoms with Gasteiger partial charge in [0.2, 0.25) is 12.1 Å². The second-order valence-electron chi connectivity index (χ2n) is 8.37. The van der Waals surface area contributed by atoms with E-state index in [4.69, 9.17) is 0 Å². The predicted octanol–water partition coefficient (Wildman–Crippen LogP) is 2.79. The number of anilines is 1. The first-order valence-corrected chi connectivity index (χ1v) is 11.3. The zero-order valence-corrected chi connectivity index (χ0v) is 19.5. The van der Waals surface area contributed by atoms with Gasteiger partial charge in [-0.2, -0.15) is 0 Å². The Balaban J connectivity index is 1.51. The highest BCUT2D eigenvalue weighted by Crippen LogP contribution is 2.27. The fourth-order valence-corrected chi connectivity index (χ4v) is 3.89. The van der Waals surface area contributed by atoms with Gasteiger partial charge in [0.15, 0.2) is 0 Å². The van der Waals surface area contributed by atoms with Gasteiger partial charge in [0, 0.05) is 24.7 Å². The molecular weight excluding hydrogens is 447 g/mol. The van der Waals surface area contributed by atoms with Crippen molar-refractivity contribution in [3.63, 3.8) is 0 Å². The summed E-state index contributed by atoms with van der Waals surface area (Å²) in [4.78, 5) is 32.3. The molecule has 0 radical (unpaired) electrons. The zero-order valence-electron chi connectivity index (χ0n) is 19.5. The molecule has 1 heterocycles. The van der Waals surface area contributed by atoms with Crippen LogP contribution in [0.4, 0.5) is 10.1 Å². The average molecular weight is 475 g/mol. The average Bonchev–Trinajstić information content (AvgIpc) is 2.98. The molecule has 3 N–H and O–H groups in total. The summed E-state index contributed by atoms with van der Waals surface area (Å²) < 4.78 is 13.1. The van der Waals surface area contributed by atoms with Crippen LogP contribution < -0.4 is 15.5 Å². The van der Waals surface area contributed by atoms with Crippen LogP contribution in [0.3, 0.4) is 0 Å². The molecule has 3 atom stereocenters. The van der Waals surface area contributed by atoms with Crippen LogP contribution in [0.25, 0.3) is 0 Å². The molecule has 1 unspecified atom stereocenters. The van der Waals surface area contributed by atoms with Crippen molar-refractivity contribution in [2.45, 2.75) is 25.2 Å². The Morgan fingerprint density at radius 1 is 1.06 bits per heavy atom. The van der Waals surface area contributed by atoms with E-state index in [0.29, 0.717) is 17.0 Å². The molecule has 0 bridgehead atoms. The Kier molecular flexibility index (Phi) is 7.33. The van der Waals surface area contributed by atoms with Gasteiger partial charge in [-0.3, -0.25) is 9.59 Å². The summed E-state index contributed by atoms with van der Waals surface area (Å²) in [5, 5.41) is 16.0. The molecule has 0 saturated carbocycles. The maximum atomic E-state index is 13.2. The summed E-state index contributed by atoms with van der Waals surface area (Å²) in [6, 6.07) is 21.8. The van der Waals surface area contributed by atoms with Gasteiger partial charge in [0.05, 0.1) is 23.5 Å². The van der Waals surface area contributed by atoms with E-state index in [1.807, 2.05) is 54.6 Å². The van der Waals surface area contributed by atoms with E-state index in [-0.39, 0.29) is 12.5 Å². The fourth-order valence-electron chi connectivity index (χ4n) is 3.89. The second kappa shape index (κ2) is 10.6. The number of para-hydroxylation sites is 1. The normalized spacial score (nSPS) is 17.1. The SMILES string of the molecule is C[C@H](NC[C@@H](O)c1ccc(F)cc1)C(=O)NC1N=C(c2ccccc2)c2ccccc2N(C)C1=O. The van der Waals surface area contributed by atoms with E-state index in [1.54, 1.807) is 14.0 Å². The van der Waals surface area contributed by atoms with Crippen molar-refractivity contribution in [3.05, 3.63) is 101 Å². The summed E-state index contributed by atoms with van der Waals surface area (Å²) in [7, 11) is 1.66. The number of benzene rings is 3. The molecule has 0 fully saturated rings. The Hall–Kier alpha value is -3.88. The highest BCUT2D eigenvalue weighted by Gasteiger charge is 2.31. The van der Waals surface area contributed by atoms with Gasteiger partial charge >= 0.3 is 0 Å². The monoisotopic (exact) mass is 474 g/mol. The van der Waals surface area contributed by atoms with Crippen molar-refractivity contribution in [1.29, 1.82) is 0 Å². The number of carbonyl (C=O) groups excluding carboxylic acids is 2. The number of fused-ring (bicyclic) bond motifs is 1. The maximum absolute atomic E-state index is 13.2. The molecule has 180 valence electrons. The molecule has 1 aliphatic heterocycles. The largest absolute Gasteiger partial charge is 0.387 e. The predicted molar refractivity (Wildman–Crippen MR) is 133 cm³/mol. The molecule has 0 aromatic heterocycles. The van der Waals surface area contributed by atoms with Crippen LogP contribution in [0.1, 0.15) is 29.7 Å². The molecular formula is C27H27FN4O3. The number of aliphatic imine (C=N–C) groups is 1. The molecule has 0 spiro atoms. The third kappa shape index (κ3) is 5.45. The van der Waals surface area contributed by atoms with Crippen LogP contribution in [0.5, 0.6) is 0 Å². The van der Waals surface area contributed by atoms with Gasteiger partial charge in [-0.1, -0.05) is 60.7 Å². The number of carbonyl (C=O) groups is 2. The first-order chi connectivity index (χ1) is 16.8. The first kappa shape index (κ1) is 24.3. The minimum Gasteiger partial charge on any atom is -0.387 e. The van der Waals surface area contributed by atoms with Crippen LogP contribution in [0.2, 0.25) is 0 Å². The molecule has 8 heteroatoms. The topological polar surface area (TPSA) is 94.0 Å². The van der Waals surface area contributed by atoms with Gasteiger partial charge in [-0.15, -0.1) is 0 Å². The number of rotatable bonds is 7. The number of halogens is 1. The Labute approximate surface area is 203 Å². The lowest BCUT2D eigenvalue weighted by molar-refractivity contribution is -0.128. The minimum atomic E-state index is -1.12. The molecule has 1 aliphatic rings. The van der Waals surface area contributed by atoms with Crippen LogP contribution >= 0.6 is 0 Å². The Bertz CT molecular complexity index is 1230. The third-order valence-corrected chi connectivity index (χ3v) is 5.93. The molecule has 0 saturated heterocycles. The highest BCUT2D eigenvalue weighted by molar-refractivity contribution is 6.20. The number of nitrogens with one attached hydrogen (secondary N) is 2. The molecule has 3 aromatic carbocycles. The molecule has 2 amide bonds. The van der Waals surface area contributed by atoms with Gasteiger partial charge in [-0.05, 0) is 30.7 Å². The van der Waals surface area contributed by atoms with Gasteiger partial charge in [0.25, 0.3) is 5.91 Å². The highest BCUT2D eigenvalue weighted by atomic mass is 19.1. The van der Waals surface area contributed by atoms with Crippen LogP contribution in [-0.2, 0) is 9.59 Å². The van der Waals surface area contributed by atoms with Crippen molar-refractivity contribution in [3.8, 4) is 0 Å². The number of nitrogens with zero attached hydrogens (tertiary/aromatic N) is 2. The van der Waals surface area contributed by atoms with Gasteiger partial charge in [-0.25, -0.2) is 9.38 Å². The summed E-state index contributed by atoms with van der Waals surface area (Å²) in [5.41, 5.74) is 3.46. The van der Waals surface area contributed by atoms with E-state index >= 15 is 0 Å². The Morgan fingerprint density at radius 3 is 2.43 bits per heavy atom. The number of benzodiazepines with no additional fused rings is 1. The number of aliphatic hydroxyl groups is 1. The first-order valence-electron chi connectivity index (χ1n) is 11.3. The number of amides is 2. The number of hydrogen-bond donors (Lipinski definition) is 3. The van der Waals surface area contributed by atoms with Crippen LogP contribution in [-0.4, -0.2) is 48.4 Å². The third-order valence-electron chi connectivity index (χ3n) is 5.93. The second-order valence-corrected chi connectivity index (χ2v) is 8.37. The van der Waals surface area contributed by atoms with E-state index < -0.39 is 30.0 Å². The van der Waals surface area contributed by atoms with Crippen molar-refractivity contribution in [1.82, 2.24) is 10.6 Å². The minimum absolute atomic E-state index is 0.0721. The summed E-state index contributed by atoms with van der Waals surface area (Å²) in [6.07, 6.45) is -2.05. The number of likely N-dealkylation sites (N-methyl/N-ethyl adjacent to an activating group) is 1. The summed E-state index contributed by atoms with van der Waals surface area (Å²) in [5.74, 6) is -1.20. The molecule has 0 aliphatic carbocycles. The van der Waals surface area contributed by atoms with Crippen LogP contribution in [0, 0.1) is 5.82 Å². The van der Waals surface area contributed by atoms with E-state index in [1.165, 1.54) is 29.2 Å². The lowest BCUT2D eigenvalue weighted by Gasteiger charge is -2.22. The summed E-state index contributed by atoms with van der Waals surface area (Å²) in [6.45, 7) is 1.71. The molecule has 4 rings (SSSR count). The van der Waals surface area contributed by atoms with Crippen molar-refractivity contribution >= 4 is 23.2 Å². The van der Waals surface area contributed by atoms with Crippen molar-refractivity contribution in [2.75, 3.05) is 18.5 Å². The van der Waals surface area contributed by atoms with Crippen molar-refractivity contribution < 1.29 is 19.1 Å². The fraction of sp³-hybridized carbons (Fsp3) is 0.222. The van der Waals surface area contributed by atoms with E-state index in [2.05, 4.69) is 15.6 Å². The smallest absolute Gasteiger partial charge is 0.272 e. The molecule has 35 heavy (non-hydrogen) atoms. The van der Waals surface area contributed by atoms with E-state index in [9.17, 15) is 19.1 Å². The number of aliphatic hydroxyl groups excluding tert-OH is 1. The van der Waals surface area contributed by atoms with E-state index in [0.717, 1.165) is 11.1 Å². The molecule has 7 nitrogen and oxygen atoms in total. The lowest BCUT2D eigenvalue weighted by Crippen LogP contribution is -2.51. The van der Waals surface area contributed by atoms with Gasteiger partial charge < -0.3 is 20.6 Å². The summed E-state index contributed by atoms with van der Waals surface area (Å²) >= 11 is 0. The zero-order chi connectivity index (χ0) is 24.9. The number of hydrogen-bond acceptors (Lipinski definition) is 5. The standard InChI is InChI=1S/C27H27FN4O3/c1-17(29-16-23(33)18-12-14-20(28)15-13-18)26(34)31-25-27(35)32(2)22-11-7-6-10-21(22)24(30-25)19-8-4-3-5-9-19/h3-15,17,23,25,29,33H,16H2,1-2H3,(H,31,34)/t17-,23+,25?/m0/s1. The quantitative estimate of drug-likeness (QED) is 0.491. The lowest BCUT2D eigenvalue weighted by atomic mass is 10.0. The van der Waals surface area contributed by atoms with Gasteiger partial charge in [0.1, 0.15) is 5.82 Å². The van der Waals surface area contributed by atoms with Crippen molar-refractivity contribution in [2.24, 2.45) is 4.99 Å². The van der Waals surface area contributed by atoms with Crippen LogP contribution in [0.15, 0.2) is 83.9 Å². The molecule has 3 aromatic rings.